The van der Waals surface area contributed by atoms with Crippen molar-refractivity contribution < 1.29 is 25.8 Å². The number of aryl methyl sites for hydroxylation is 2. The molecule has 0 N–H and O–H groups in total. The molecule has 1 aromatic rings. The third-order valence-electron chi connectivity index (χ3n) is 3.61. The molecule has 0 heterocycles. The molecule has 90 valence electrons. The SMILES string of the molecule is CCCCCC1[C-]=Cc2cc(C)c(C)cc21.[Hf]. The van der Waals surface area contributed by atoms with Crippen molar-refractivity contribution >= 4 is 6.08 Å². The molecule has 0 spiro atoms. The van der Waals surface area contributed by atoms with Gasteiger partial charge in [0.2, 0.25) is 0 Å². The van der Waals surface area contributed by atoms with Gasteiger partial charge in [0.15, 0.2) is 0 Å². The Morgan fingerprint density at radius 2 is 1.82 bits per heavy atom. The monoisotopic (exact) mass is 393 g/mol. The number of benzene rings is 1. The molecule has 1 heteroatoms. The third kappa shape index (κ3) is 3.40. The molecule has 0 fully saturated rings. The predicted octanol–water partition coefficient (Wildman–Crippen LogP) is 4.79. The smallest absolute Gasteiger partial charge is 0 e. The van der Waals surface area contributed by atoms with Gasteiger partial charge in [-0.1, -0.05) is 55.7 Å². The summed E-state index contributed by atoms with van der Waals surface area (Å²) in [4.78, 5) is 0. The number of allylic oxidation sites excluding steroid dienone is 1. The van der Waals surface area contributed by atoms with Crippen LogP contribution in [0.15, 0.2) is 12.1 Å². The number of fused-ring (bicyclic) bond motifs is 1. The van der Waals surface area contributed by atoms with Crippen molar-refractivity contribution in [3.05, 3.63) is 40.5 Å². The van der Waals surface area contributed by atoms with E-state index < -0.39 is 0 Å². The normalized spacial score (nSPS) is 16.8. The molecule has 0 bridgehead atoms. The first-order chi connectivity index (χ1) is 7.72. The van der Waals surface area contributed by atoms with E-state index in [-0.39, 0.29) is 25.8 Å². The van der Waals surface area contributed by atoms with E-state index in [9.17, 15) is 0 Å². The fourth-order valence-corrected chi connectivity index (χ4v) is 2.41. The van der Waals surface area contributed by atoms with Crippen LogP contribution in [-0.4, -0.2) is 0 Å². The minimum Gasteiger partial charge on any atom is -0.268 e. The van der Waals surface area contributed by atoms with E-state index in [0.29, 0.717) is 5.92 Å². The van der Waals surface area contributed by atoms with Crippen molar-refractivity contribution in [2.45, 2.75) is 52.4 Å². The maximum atomic E-state index is 3.51. The van der Waals surface area contributed by atoms with Gasteiger partial charge < -0.3 is 0 Å². The maximum Gasteiger partial charge on any atom is 0 e. The number of hydrogen-bond acceptors (Lipinski definition) is 0. The van der Waals surface area contributed by atoms with Gasteiger partial charge in [0, 0.05) is 25.8 Å². The zero-order valence-corrected chi connectivity index (χ0v) is 14.7. The fraction of sp³-hybridized carbons (Fsp3) is 0.500. The Bertz CT molecular complexity index is 404. The van der Waals surface area contributed by atoms with E-state index >= 15 is 0 Å². The molecule has 17 heavy (non-hydrogen) atoms. The largest absolute Gasteiger partial charge is 0.268 e. The molecule has 2 rings (SSSR count). The van der Waals surface area contributed by atoms with E-state index in [0.717, 1.165) is 0 Å². The van der Waals surface area contributed by atoms with Crippen molar-refractivity contribution in [1.82, 2.24) is 0 Å². The Morgan fingerprint density at radius 1 is 1.12 bits per heavy atom. The Hall–Kier alpha value is -0.170. The molecule has 0 nitrogen and oxygen atoms in total. The average Bonchev–Trinajstić information content (AvgIpc) is 2.63. The Balaban J connectivity index is 0.00000144. The van der Waals surface area contributed by atoms with Gasteiger partial charge in [-0.05, 0) is 13.8 Å². The standard InChI is InChI=1S/C16H21.Hf/c1-4-5-6-7-14-8-9-15-10-12(2)13(3)11-16(14)15;/h9-11,14H,4-7H2,1-3H3;/q-1;. The van der Waals surface area contributed by atoms with Crippen molar-refractivity contribution in [3.8, 4) is 0 Å². The van der Waals surface area contributed by atoms with E-state index in [4.69, 9.17) is 0 Å². The van der Waals surface area contributed by atoms with E-state index in [1.807, 2.05) is 0 Å². The van der Waals surface area contributed by atoms with Crippen LogP contribution in [0, 0.1) is 19.9 Å². The summed E-state index contributed by atoms with van der Waals surface area (Å²) in [6, 6.07) is 4.66. The van der Waals surface area contributed by atoms with Gasteiger partial charge in [0.05, 0.1) is 0 Å². The van der Waals surface area contributed by atoms with Gasteiger partial charge in [-0.2, -0.15) is 5.56 Å². The topological polar surface area (TPSA) is 0 Å². The van der Waals surface area contributed by atoms with E-state index in [1.54, 1.807) is 0 Å². The van der Waals surface area contributed by atoms with Crippen LogP contribution >= 0.6 is 0 Å². The first-order valence-corrected chi connectivity index (χ1v) is 6.42. The van der Waals surface area contributed by atoms with Crippen LogP contribution in [0.1, 0.15) is 60.8 Å². The van der Waals surface area contributed by atoms with Gasteiger partial charge in [0.25, 0.3) is 0 Å². The summed E-state index contributed by atoms with van der Waals surface area (Å²) >= 11 is 0. The molecule has 1 aliphatic carbocycles. The quantitative estimate of drug-likeness (QED) is 0.393. The maximum absolute atomic E-state index is 3.51. The summed E-state index contributed by atoms with van der Waals surface area (Å²) in [5, 5.41) is 0. The summed E-state index contributed by atoms with van der Waals surface area (Å²) in [7, 11) is 0. The van der Waals surface area contributed by atoms with Crippen LogP contribution in [0.5, 0.6) is 0 Å². The molecule has 0 saturated carbocycles. The molecule has 1 atom stereocenters. The second-order valence-electron chi connectivity index (χ2n) is 4.92. The van der Waals surface area contributed by atoms with Gasteiger partial charge in [-0.3, -0.25) is 6.08 Å². The molecular formula is C16H21Hf-. The summed E-state index contributed by atoms with van der Waals surface area (Å²) in [6.45, 7) is 6.65. The number of unbranched alkanes of at least 4 members (excludes halogenated alkanes) is 2. The second kappa shape index (κ2) is 6.68. The van der Waals surface area contributed by atoms with E-state index in [2.05, 4.69) is 45.1 Å². The Labute approximate surface area is 124 Å². The van der Waals surface area contributed by atoms with Crippen molar-refractivity contribution in [2.24, 2.45) is 0 Å². The molecule has 1 unspecified atom stereocenters. The molecule has 1 aromatic carbocycles. The minimum absolute atomic E-state index is 0. The van der Waals surface area contributed by atoms with Crippen molar-refractivity contribution in [2.75, 3.05) is 0 Å². The first kappa shape index (κ1) is 14.9. The molecular weight excluding hydrogens is 371 g/mol. The minimum atomic E-state index is 0. The summed E-state index contributed by atoms with van der Waals surface area (Å²) in [5.74, 6) is 0.556. The van der Waals surface area contributed by atoms with Crippen LogP contribution < -0.4 is 0 Å². The Morgan fingerprint density at radius 3 is 2.53 bits per heavy atom. The molecule has 0 saturated heterocycles. The summed E-state index contributed by atoms with van der Waals surface area (Å²) in [5.41, 5.74) is 5.70. The van der Waals surface area contributed by atoms with Crippen LogP contribution in [0.3, 0.4) is 0 Å². The van der Waals surface area contributed by atoms with Crippen molar-refractivity contribution in [3.63, 3.8) is 0 Å². The third-order valence-corrected chi connectivity index (χ3v) is 3.61. The molecule has 0 aromatic heterocycles. The van der Waals surface area contributed by atoms with Crippen LogP contribution in [0.2, 0.25) is 0 Å². The molecule has 0 radical (unpaired) electrons. The predicted molar refractivity (Wildman–Crippen MR) is 70.5 cm³/mol. The average molecular weight is 392 g/mol. The zero-order chi connectivity index (χ0) is 11.5. The van der Waals surface area contributed by atoms with Gasteiger partial charge in [-0.15, -0.1) is 11.6 Å². The fourth-order valence-electron chi connectivity index (χ4n) is 2.41. The summed E-state index contributed by atoms with van der Waals surface area (Å²) in [6.07, 6.45) is 10.9. The van der Waals surface area contributed by atoms with Crippen LogP contribution in [0.4, 0.5) is 0 Å². The molecule has 0 aliphatic heterocycles. The van der Waals surface area contributed by atoms with Gasteiger partial charge in [0.1, 0.15) is 0 Å². The van der Waals surface area contributed by atoms with E-state index in [1.165, 1.54) is 47.9 Å². The van der Waals surface area contributed by atoms with Crippen LogP contribution in [-0.2, 0) is 25.8 Å². The number of hydrogen-bond donors (Lipinski definition) is 0. The van der Waals surface area contributed by atoms with Crippen molar-refractivity contribution in [1.29, 1.82) is 0 Å². The summed E-state index contributed by atoms with van der Waals surface area (Å²) < 4.78 is 0. The molecule has 0 amide bonds. The Kier molecular flexibility index (Phi) is 5.85. The zero-order valence-electron chi connectivity index (χ0n) is 11.1. The molecule has 1 aliphatic rings. The first-order valence-electron chi connectivity index (χ1n) is 6.42. The van der Waals surface area contributed by atoms with Gasteiger partial charge in [-0.25, -0.2) is 6.08 Å². The number of rotatable bonds is 4. The van der Waals surface area contributed by atoms with Crippen LogP contribution in [0.25, 0.3) is 6.08 Å². The van der Waals surface area contributed by atoms with Gasteiger partial charge >= 0.3 is 0 Å². The second-order valence-corrected chi connectivity index (χ2v) is 4.92.